The number of likely N-dealkylation sites (tertiary alicyclic amines) is 1. The number of fused-ring (bicyclic) bond motifs is 1. The summed E-state index contributed by atoms with van der Waals surface area (Å²) in [5, 5.41) is 10.9. The quantitative estimate of drug-likeness (QED) is 0.248. The molecule has 0 radical (unpaired) electrons. The highest BCUT2D eigenvalue weighted by molar-refractivity contribution is 8.02. The predicted octanol–water partition coefficient (Wildman–Crippen LogP) is 6.26. The van der Waals surface area contributed by atoms with Crippen molar-refractivity contribution >= 4 is 40.9 Å². The van der Waals surface area contributed by atoms with Crippen LogP contribution in [0.3, 0.4) is 0 Å². The fraction of sp³-hybridized carbons (Fsp3) is 0.359. The molecule has 47 heavy (non-hydrogen) atoms. The molecule has 0 saturated carbocycles. The molecule has 3 aromatic carbocycles. The molecule has 7 nitrogen and oxygen atoms in total. The molecule has 0 aliphatic carbocycles. The number of aliphatic hydroxyl groups is 1. The van der Waals surface area contributed by atoms with Crippen molar-refractivity contribution in [2.75, 3.05) is 29.5 Å². The lowest BCUT2D eigenvalue weighted by Gasteiger charge is -2.40. The van der Waals surface area contributed by atoms with Gasteiger partial charge in [-0.05, 0) is 68.5 Å². The second-order valence-corrected chi connectivity index (χ2v) is 15.1. The van der Waals surface area contributed by atoms with E-state index in [1.165, 1.54) is 0 Å². The van der Waals surface area contributed by atoms with Gasteiger partial charge in [-0.1, -0.05) is 72.8 Å². The lowest BCUT2D eigenvalue weighted by atomic mass is 9.66. The fourth-order valence-corrected chi connectivity index (χ4v) is 10.5. The van der Waals surface area contributed by atoms with E-state index in [1.807, 2.05) is 92.7 Å². The van der Waals surface area contributed by atoms with Crippen LogP contribution in [0.2, 0.25) is 0 Å². The Morgan fingerprint density at radius 1 is 0.957 bits per heavy atom. The van der Waals surface area contributed by atoms with E-state index in [0.29, 0.717) is 19.4 Å². The van der Waals surface area contributed by atoms with Gasteiger partial charge < -0.3 is 19.8 Å². The highest BCUT2D eigenvalue weighted by atomic mass is 32.2. The number of carbonyl (C=O) groups excluding carboxylic acids is 3. The zero-order valence-electron chi connectivity index (χ0n) is 27.3. The topological polar surface area (TPSA) is 81.2 Å². The Kier molecular flexibility index (Phi) is 8.94. The normalized spacial score (nSPS) is 26.5. The van der Waals surface area contributed by atoms with Crippen LogP contribution in [0.25, 0.3) is 0 Å². The van der Waals surface area contributed by atoms with Gasteiger partial charge in [0.15, 0.2) is 0 Å². The highest BCUT2D eigenvalue weighted by Gasteiger charge is 2.78. The zero-order valence-corrected chi connectivity index (χ0v) is 28.2. The van der Waals surface area contributed by atoms with E-state index in [1.54, 1.807) is 38.6 Å². The molecule has 1 spiro atoms. The molecule has 1 N–H and O–H groups in total. The molecule has 244 valence electrons. The van der Waals surface area contributed by atoms with Gasteiger partial charge >= 0.3 is 0 Å². The summed E-state index contributed by atoms with van der Waals surface area (Å²) in [6.45, 7) is 14.1. The molecular formula is C39H43N3O4S. The van der Waals surface area contributed by atoms with Crippen LogP contribution in [-0.4, -0.2) is 63.0 Å². The molecule has 3 heterocycles. The van der Waals surface area contributed by atoms with E-state index in [9.17, 15) is 9.90 Å². The fourth-order valence-electron chi connectivity index (χ4n) is 8.21. The van der Waals surface area contributed by atoms with Gasteiger partial charge in [0.25, 0.3) is 5.91 Å². The molecule has 6 atom stereocenters. The van der Waals surface area contributed by atoms with Crippen molar-refractivity contribution in [2.24, 2.45) is 11.8 Å². The van der Waals surface area contributed by atoms with Crippen LogP contribution in [0.5, 0.6) is 0 Å². The lowest BCUT2D eigenvalue weighted by Crippen LogP contribution is -2.56. The van der Waals surface area contributed by atoms with Gasteiger partial charge in [-0.25, -0.2) is 0 Å². The number of carbonyl (C=O) groups is 3. The van der Waals surface area contributed by atoms with Crippen LogP contribution in [0.4, 0.5) is 11.4 Å². The molecule has 2 bridgehead atoms. The Morgan fingerprint density at radius 3 is 2.23 bits per heavy atom. The summed E-state index contributed by atoms with van der Waals surface area (Å²) in [5.41, 5.74) is 4.19. The van der Waals surface area contributed by atoms with Crippen LogP contribution >= 0.6 is 11.8 Å². The maximum Gasteiger partial charge on any atom is 0.251 e. The average molecular weight is 650 g/mol. The van der Waals surface area contributed by atoms with E-state index in [0.717, 1.165) is 28.1 Å². The minimum absolute atomic E-state index is 0.142. The van der Waals surface area contributed by atoms with E-state index in [4.69, 9.17) is 0 Å². The van der Waals surface area contributed by atoms with Crippen LogP contribution < -0.4 is 9.80 Å². The average Bonchev–Trinajstić information content (AvgIpc) is 3.65. The third-order valence-corrected chi connectivity index (χ3v) is 12.3. The summed E-state index contributed by atoms with van der Waals surface area (Å²) in [4.78, 5) is 50.2. The van der Waals surface area contributed by atoms with Crippen LogP contribution in [-0.2, 0) is 14.4 Å². The molecular weight excluding hydrogens is 607 g/mol. The van der Waals surface area contributed by atoms with Crippen LogP contribution in [0, 0.1) is 25.7 Å². The Hall–Kier alpha value is -4.14. The largest absolute Gasteiger partial charge is 0.394 e. The Labute approximate surface area is 281 Å². The maximum absolute atomic E-state index is 15.3. The third kappa shape index (κ3) is 5.32. The minimum Gasteiger partial charge on any atom is -0.394 e. The first-order valence-corrected chi connectivity index (χ1v) is 17.1. The lowest BCUT2D eigenvalue weighted by molar-refractivity contribution is -0.142. The second-order valence-electron chi connectivity index (χ2n) is 13.2. The second kappa shape index (κ2) is 12.8. The number of thioether (sulfide) groups is 1. The molecule has 3 aliphatic heterocycles. The summed E-state index contributed by atoms with van der Waals surface area (Å²) in [5.74, 6) is -2.04. The first-order chi connectivity index (χ1) is 22.6. The number of rotatable bonds is 11. The molecule has 3 aliphatic rings. The van der Waals surface area contributed by atoms with E-state index >= 15 is 9.59 Å². The number of benzene rings is 3. The molecule has 6 rings (SSSR count). The maximum atomic E-state index is 15.3. The number of aryl methyl sites for hydroxylation is 2. The first-order valence-electron chi connectivity index (χ1n) is 16.3. The predicted molar refractivity (Wildman–Crippen MR) is 189 cm³/mol. The van der Waals surface area contributed by atoms with E-state index < -0.39 is 33.4 Å². The molecule has 3 fully saturated rings. The number of amides is 3. The van der Waals surface area contributed by atoms with Gasteiger partial charge in [0.1, 0.15) is 6.04 Å². The van der Waals surface area contributed by atoms with Crippen molar-refractivity contribution in [1.82, 2.24) is 4.90 Å². The van der Waals surface area contributed by atoms with E-state index in [-0.39, 0.29) is 30.9 Å². The van der Waals surface area contributed by atoms with E-state index in [2.05, 4.69) is 20.1 Å². The van der Waals surface area contributed by atoms with Gasteiger partial charge in [-0.3, -0.25) is 14.4 Å². The SMILES string of the molecule is C=CCN(C(=O)[C@@H]1[C@H]2C(=O)N([C@H](CO)c3ccccc3)C(C(=O)N(CC=C)c3cc(C)ccc3C)C23CC[C@@]1(C)S3)c1ccccc1. The molecule has 0 aromatic heterocycles. The standard InChI is InChI=1S/C39H43N3O4S/c1-6-22-40(29-16-12-9-13-17-29)35(44)32-33-36(45)42(31(25-43)28-14-10-8-11-15-28)34(39(33)21-20-38(32,5)47-39)37(46)41(23-7-2)30-24-26(3)18-19-27(30)4/h6-19,24,31-34,43H,1-2,20-23,25H2,3-5H3/t31-,32+,33+,34?,38-,39?/m1/s1. The monoisotopic (exact) mass is 649 g/mol. The molecule has 3 saturated heterocycles. The van der Waals surface area contributed by atoms with Crippen molar-refractivity contribution < 1.29 is 19.5 Å². The summed E-state index contributed by atoms with van der Waals surface area (Å²) in [6, 6.07) is 23.2. The van der Waals surface area contributed by atoms with Crippen LogP contribution in [0.1, 0.15) is 42.5 Å². The smallest absolute Gasteiger partial charge is 0.251 e. The van der Waals surface area contributed by atoms with Crippen molar-refractivity contribution in [1.29, 1.82) is 0 Å². The van der Waals surface area contributed by atoms with Crippen molar-refractivity contribution in [3.63, 3.8) is 0 Å². The van der Waals surface area contributed by atoms with Crippen molar-refractivity contribution in [2.45, 2.75) is 55.2 Å². The van der Waals surface area contributed by atoms with Gasteiger partial charge in [0, 0.05) is 29.2 Å². The molecule has 3 aromatic rings. The number of hydrogen-bond acceptors (Lipinski definition) is 5. The van der Waals surface area contributed by atoms with Gasteiger partial charge in [-0.2, -0.15) is 0 Å². The number of anilines is 2. The van der Waals surface area contributed by atoms with Gasteiger partial charge in [-0.15, -0.1) is 24.9 Å². The molecule has 3 amide bonds. The Balaban J connectivity index is 1.52. The molecule has 8 heteroatoms. The summed E-state index contributed by atoms with van der Waals surface area (Å²) in [7, 11) is 0. The van der Waals surface area contributed by atoms with Gasteiger partial charge in [0.05, 0.1) is 29.2 Å². The number of nitrogens with zero attached hydrogens (tertiary/aromatic N) is 3. The first kappa shape index (κ1) is 32.8. The van der Waals surface area contributed by atoms with Crippen molar-refractivity contribution in [3.8, 4) is 0 Å². The van der Waals surface area contributed by atoms with Crippen molar-refractivity contribution in [3.05, 3.63) is 121 Å². The van der Waals surface area contributed by atoms with Crippen LogP contribution in [0.15, 0.2) is 104 Å². The summed E-state index contributed by atoms with van der Waals surface area (Å²) < 4.78 is -1.42. The highest BCUT2D eigenvalue weighted by Crippen LogP contribution is 2.72. The summed E-state index contributed by atoms with van der Waals surface area (Å²) >= 11 is 1.63. The Bertz CT molecular complexity index is 1700. The number of aliphatic hydroxyl groups excluding tert-OH is 1. The van der Waals surface area contributed by atoms with Gasteiger partial charge in [0.2, 0.25) is 11.8 Å². The molecule has 2 unspecified atom stereocenters. The Morgan fingerprint density at radius 2 is 1.60 bits per heavy atom. The zero-order chi connectivity index (χ0) is 33.5. The number of para-hydroxylation sites is 1. The number of hydrogen-bond donors (Lipinski definition) is 1. The summed E-state index contributed by atoms with van der Waals surface area (Å²) in [6.07, 6.45) is 4.70. The minimum atomic E-state index is -0.911. The third-order valence-electron chi connectivity index (χ3n) is 10.3.